The molecule has 0 aliphatic carbocycles. The Labute approximate surface area is 124 Å². The van der Waals surface area contributed by atoms with Crippen LogP contribution in [0.2, 0.25) is 0 Å². The van der Waals surface area contributed by atoms with Crippen LogP contribution in [0.25, 0.3) is 0 Å². The number of hydrogen-bond donors (Lipinski definition) is 1. The number of nitrogens with zero attached hydrogens (tertiary/aromatic N) is 2. The van der Waals surface area contributed by atoms with Crippen molar-refractivity contribution >= 4 is 17.2 Å². The van der Waals surface area contributed by atoms with Crippen LogP contribution in [-0.2, 0) is 9.53 Å². The largest absolute Gasteiger partial charge is 0.383 e. The van der Waals surface area contributed by atoms with Crippen molar-refractivity contribution in [2.24, 2.45) is 0 Å². The average Bonchev–Trinajstić information content (AvgIpc) is 3.05. The third kappa shape index (κ3) is 3.58. The Balaban J connectivity index is 1.94. The van der Waals surface area contributed by atoms with Gasteiger partial charge in [0.25, 0.3) is 0 Å². The van der Waals surface area contributed by atoms with Gasteiger partial charge in [-0.3, -0.25) is 10.1 Å². The molecule has 0 aromatic carbocycles. The molecule has 1 amide bonds. The summed E-state index contributed by atoms with van der Waals surface area (Å²) in [6, 6.07) is 4.00. The number of methoxy groups -OCH3 is 1. The standard InChI is InChI=1S/C14H23N3O2S/c1-11-14(18)17(7-6-16(2)8-9-19-3)13(15-11)12-5-4-10-20-12/h4-5,10-11,13,15H,6-9H2,1-3H3. The number of amides is 1. The fourth-order valence-electron chi connectivity index (χ4n) is 2.33. The summed E-state index contributed by atoms with van der Waals surface area (Å²) in [4.78, 5) is 17.6. The molecular weight excluding hydrogens is 274 g/mol. The maximum Gasteiger partial charge on any atom is 0.241 e. The summed E-state index contributed by atoms with van der Waals surface area (Å²) in [5.74, 6) is 0.184. The Hall–Kier alpha value is -0.950. The van der Waals surface area contributed by atoms with Crippen LogP contribution >= 0.6 is 11.3 Å². The number of carbonyl (C=O) groups excluding carboxylic acids is 1. The zero-order chi connectivity index (χ0) is 14.5. The van der Waals surface area contributed by atoms with Gasteiger partial charge in [0.15, 0.2) is 0 Å². The molecule has 1 N–H and O–H groups in total. The maximum absolute atomic E-state index is 12.3. The lowest BCUT2D eigenvalue weighted by Crippen LogP contribution is -2.38. The molecule has 0 radical (unpaired) electrons. The first-order chi connectivity index (χ1) is 9.63. The minimum atomic E-state index is -0.105. The normalized spacial score (nSPS) is 23.0. The first kappa shape index (κ1) is 15.4. The summed E-state index contributed by atoms with van der Waals surface area (Å²) < 4.78 is 5.07. The highest BCUT2D eigenvalue weighted by molar-refractivity contribution is 7.10. The molecule has 20 heavy (non-hydrogen) atoms. The molecule has 1 saturated heterocycles. The highest BCUT2D eigenvalue weighted by Crippen LogP contribution is 2.28. The predicted molar refractivity (Wildman–Crippen MR) is 80.7 cm³/mol. The van der Waals surface area contributed by atoms with Crippen LogP contribution in [0.15, 0.2) is 17.5 Å². The van der Waals surface area contributed by atoms with E-state index in [0.29, 0.717) is 6.61 Å². The van der Waals surface area contributed by atoms with Gasteiger partial charge in [-0.2, -0.15) is 0 Å². The molecule has 2 atom stereocenters. The van der Waals surface area contributed by atoms with E-state index < -0.39 is 0 Å². The number of thiophene rings is 1. The van der Waals surface area contributed by atoms with Crippen molar-refractivity contribution in [3.05, 3.63) is 22.4 Å². The van der Waals surface area contributed by atoms with Crippen molar-refractivity contribution in [1.29, 1.82) is 0 Å². The maximum atomic E-state index is 12.3. The first-order valence-electron chi connectivity index (χ1n) is 6.91. The predicted octanol–water partition coefficient (Wildman–Crippen LogP) is 1.15. The number of rotatable bonds is 7. The molecule has 1 fully saturated rings. The Bertz CT molecular complexity index is 424. The van der Waals surface area contributed by atoms with Crippen molar-refractivity contribution in [2.75, 3.05) is 40.4 Å². The van der Waals surface area contributed by atoms with Crippen LogP contribution in [-0.4, -0.2) is 62.1 Å². The fraction of sp³-hybridized carbons (Fsp3) is 0.643. The van der Waals surface area contributed by atoms with Gasteiger partial charge in [-0.05, 0) is 25.4 Å². The van der Waals surface area contributed by atoms with Crippen molar-refractivity contribution < 1.29 is 9.53 Å². The van der Waals surface area contributed by atoms with Gasteiger partial charge in [0.1, 0.15) is 6.17 Å². The number of nitrogens with one attached hydrogen (secondary N) is 1. The van der Waals surface area contributed by atoms with E-state index in [2.05, 4.69) is 23.3 Å². The van der Waals surface area contributed by atoms with Gasteiger partial charge in [-0.25, -0.2) is 0 Å². The van der Waals surface area contributed by atoms with Crippen molar-refractivity contribution in [3.63, 3.8) is 0 Å². The lowest BCUT2D eigenvalue weighted by molar-refractivity contribution is -0.130. The zero-order valence-corrected chi connectivity index (χ0v) is 13.2. The van der Waals surface area contributed by atoms with Gasteiger partial charge in [0, 0.05) is 31.6 Å². The smallest absolute Gasteiger partial charge is 0.241 e. The SMILES string of the molecule is COCCN(C)CCN1C(=O)C(C)NC1c1cccs1. The quantitative estimate of drug-likeness (QED) is 0.820. The van der Waals surface area contributed by atoms with E-state index >= 15 is 0 Å². The number of hydrogen-bond acceptors (Lipinski definition) is 5. The molecule has 1 aromatic rings. The summed E-state index contributed by atoms with van der Waals surface area (Å²) >= 11 is 1.69. The first-order valence-corrected chi connectivity index (χ1v) is 7.79. The second-order valence-corrected chi connectivity index (χ2v) is 6.11. The minimum absolute atomic E-state index is 0.0216. The average molecular weight is 297 g/mol. The topological polar surface area (TPSA) is 44.8 Å². The monoisotopic (exact) mass is 297 g/mol. The van der Waals surface area contributed by atoms with E-state index in [-0.39, 0.29) is 18.1 Å². The molecule has 2 unspecified atom stereocenters. The molecule has 0 bridgehead atoms. The Kier molecular flexibility index (Phi) is 5.54. The van der Waals surface area contributed by atoms with Crippen molar-refractivity contribution in [3.8, 4) is 0 Å². The summed E-state index contributed by atoms with van der Waals surface area (Å²) in [5, 5.41) is 5.42. The molecule has 2 heterocycles. The molecule has 0 saturated carbocycles. The van der Waals surface area contributed by atoms with Crippen molar-refractivity contribution in [2.45, 2.75) is 19.1 Å². The Morgan fingerprint density at radius 2 is 2.30 bits per heavy atom. The molecule has 6 heteroatoms. The molecule has 5 nitrogen and oxygen atoms in total. The summed E-state index contributed by atoms with van der Waals surface area (Å²) in [6.45, 7) is 5.11. The Morgan fingerprint density at radius 1 is 1.50 bits per heavy atom. The van der Waals surface area contributed by atoms with Crippen molar-refractivity contribution in [1.82, 2.24) is 15.1 Å². The van der Waals surface area contributed by atoms with Crippen LogP contribution < -0.4 is 5.32 Å². The van der Waals surface area contributed by atoms with E-state index in [1.807, 2.05) is 23.3 Å². The van der Waals surface area contributed by atoms with Crippen LogP contribution in [0.1, 0.15) is 18.0 Å². The number of ether oxygens (including phenoxy) is 1. The summed E-state index contributed by atoms with van der Waals surface area (Å²) in [7, 11) is 3.76. The number of carbonyl (C=O) groups is 1. The van der Waals surface area contributed by atoms with Gasteiger partial charge in [0.05, 0.1) is 12.6 Å². The van der Waals surface area contributed by atoms with E-state index in [9.17, 15) is 4.79 Å². The second-order valence-electron chi connectivity index (χ2n) is 5.13. The summed E-state index contributed by atoms with van der Waals surface area (Å²) in [6.07, 6.45) is 0.0216. The molecule has 1 aliphatic heterocycles. The molecule has 0 spiro atoms. The highest BCUT2D eigenvalue weighted by Gasteiger charge is 2.37. The van der Waals surface area contributed by atoms with Gasteiger partial charge < -0.3 is 14.5 Å². The third-order valence-electron chi connectivity index (χ3n) is 3.59. The van der Waals surface area contributed by atoms with Crippen LogP contribution in [0.3, 0.4) is 0 Å². The van der Waals surface area contributed by atoms with E-state index in [1.54, 1.807) is 18.4 Å². The van der Waals surface area contributed by atoms with Gasteiger partial charge >= 0.3 is 0 Å². The van der Waals surface area contributed by atoms with Gasteiger partial charge in [-0.15, -0.1) is 11.3 Å². The lowest BCUT2D eigenvalue weighted by Gasteiger charge is -2.26. The van der Waals surface area contributed by atoms with Crippen LogP contribution in [0.4, 0.5) is 0 Å². The molecule has 2 rings (SSSR count). The van der Waals surface area contributed by atoms with E-state index in [1.165, 1.54) is 4.88 Å². The number of likely N-dealkylation sites (N-methyl/N-ethyl adjacent to an activating group) is 1. The van der Waals surface area contributed by atoms with Gasteiger partial charge in [-0.1, -0.05) is 6.07 Å². The Morgan fingerprint density at radius 3 is 2.95 bits per heavy atom. The molecule has 1 aromatic heterocycles. The highest BCUT2D eigenvalue weighted by atomic mass is 32.1. The second kappa shape index (κ2) is 7.17. The van der Waals surface area contributed by atoms with Gasteiger partial charge in [0.2, 0.25) is 5.91 Å². The third-order valence-corrected chi connectivity index (χ3v) is 4.51. The molecule has 1 aliphatic rings. The molecule has 112 valence electrons. The van der Waals surface area contributed by atoms with Crippen LogP contribution in [0.5, 0.6) is 0 Å². The van der Waals surface area contributed by atoms with E-state index in [4.69, 9.17) is 4.74 Å². The zero-order valence-electron chi connectivity index (χ0n) is 12.3. The van der Waals surface area contributed by atoms with Crippen LogP contribution in [0, 0.1) is 0 Å². The fourth-order valence-corrected chi connectivity index (χ4v) is 3.13. The molecular formula is C14H23N3O2S. The minimum Gasteiger partial charge on any atom is -0.383 e. The lowest BCUT2D eigenvalue weighted by atomic mass is 10.3. The summed E-state index contributed by atoms with van der Waals surface area (Å²) in [5.41, 5.74) is 0. The van der Waals surface area contributed by atoms with E-state index in [0.717, 1.165) is 19.6 Å².